The molecule has 2 N–H and O–H groups in total. The van der Waals surface area contributed by atoms with Gasteiger partial charge in [0, 0.05) is 13.1 Å². The summed E-state index contributed by atoms with van der Waals surface area (Å²) in [5, 5.41) is 5.38. The largest absolute Gasteiger partial charge is 0.459 e. The number of hydrogen-bond acceptors (Lipinski definition) is 4. The van der Waals surface area contributed by atoms with E-state index in [0.717, 1.165) is 25.2 Å². The van der Waals surface area contributed by atoms with Gasteiger partial charge in [0.05, 0.1) is 12.8 Å². The molecule has 0 aliphatic heterocycles. The lowest BCUT2D eigenvalue weighted by molar-refractivity contribution is -0.120. The van der Waals surface area contributed by atoms with Crippen molar-refractivity contribution in [1.29, 1.82) is 0 Å². The molecule has 0 aliphatic rings. The third-order valence-electron chi connectivity index (χ3n) is 4.04. The third-order valence-corrected chi connectivity index (χ3v) is 4.04. The summed E-state index contributed by atoms with van der Waals surface area (Å²) < 4.78 is 4.98. The van der Waals surface area contributed by atoms with Crippen molar-refractivity contribution < 1.29 is 14.0 Å². The Morgan fingerprint density at radius 2 is 1.72 bits per heavy atom. The minimum absolute atomic E-state index is 0.0856. The van der Waals surface area contributed by atoms with E-state index in [2.05, 4.69) is 35.4 Å². The first-order chi connectivity index (χ1) is 12.1. The number of nitrogens with one attached hydrogen (secondary N) is 2. The van der Waals surface area contributed by atoms with Crippen LogP contribution in [0.25, 0.3) is 0 Å². The molecule has 0 fully saturated rings. The van der Waals surface area contributed by atoms with Crippen molar-refractivity contribution in [3.05, 3.63) is 59.5 Å². The van der Waals surface area contributed by atoms with E-state index in [0.29, 0.717) is 6.54 Å². The summed E-state index contributed by atoms with van der Waals surface area (Å²) in [5.74, 6) is -0.447. The van der Waals surface area contributed by atoms with Gasteiger partial charge in [0.15, 0.2) is 5.76 Å². The van der Waals surface area contributed by atoms with Crippen LogP contribution in [0, 0.1) is 0 Å². The number of nitrogens with zero attached hydrogens (tertiary/aromatic N) is 1. The van der Waals surface area contributed by atoms with Crippen molar-refractivity contribution in [2.75, 3.05) is 19.6 Å². The number of carbonyl (C=O) groups excluding carboxylic acids is 2. The molecule has 0 saturated carbocycles. The summed E-state index contributed by atoms with van der Waals surface area (Å²) in [6, 6.07) is 11.2. The van der Waals surface area contributed by atoms with Crippen LogP contribution in [0.3, 0.4) is 0 Å². The molecule has 2 aromatic rings. The topological polar surface area (TPSA) is 74.6 Å². The Bertz CT molecular complexity index is 679. The second kappa shape index (κ2) is 9.64. The standard InChI is InChI=1S/C19H25N3O3/c1-3-22(4-2)14-16-9-6-5-8-15(16)12-20-18(23)13-21-19(24)17-10-7-11-25-17/h5-11H,3-4,12-14H2,1-2H3,(H,20,23)(H,21,24). The molecule has 0 atom stereocenters. The maximum absolute atomic E-state index is 12.0. The first-order valence-electron chi connectivity index (χ1n) is 8.51. The third kappa shape index (κ3) is 5.76. The normalized spacial score (nSPS) is 10.7. The average Bonchev–Trinajstić information content (AvgIpc) is 3.18. The Labute approximate surface area is 148 Å². The van der Waals surface area contributed by atoms with Gasteiger partial charge in [-0.05, 0) is 36.3 Å². The highest BCUT2D eigenvalue weighted by Crippen LogP contribution is 2.11. The predicted octanol–water partition coefficient (Wildman–Crippen LogP) is 2.17. The van der Waals surface area contributed by atoms with Crippen molar-refractivity contribution in [3.63, 3.8) is 0 Å². The minimum Gasteiger partial charge on any atom is -0.459 e. The molecule has 0 radical (unpaired) electrons. The Morgan fingerprint density at radius 1 is 1.00 bits per heavy atom. The summed E-state index contributed by atoms with van der Waals surface area (Å²) in [6.07, 6.45) is 1.42. The summed E-state index contributed by atoms with van der Waals surface area (Å²) in [5.41, 5.74) is 2.28. The predicted molar refractivity (Wildman–Crippen MR) is 96.0 cm³/mol. The maximum atomic E-state index is 12.0. The van der Waals surface area contributed by atoms with Crippen LogP contribution in [-0.4, -0.2) is 36.3 Å². The van der Waals surface area contributed by atoms with E-state index in [9.17, 15) is 9.59 Å². The summed E-state index contributed by atoms with van der Waals surface area (Å²) in [4.78, 5) is 26.0. The maximum Gasteiger partial charge on any atom is 0.287 e. The van der Waals surface area contributed by atoms with Crippen LogP contribution in [0.5, 0.6) is 0 Å². The van der Waals surface area contributed by atoms with Gasteiger partial charge in [-0.3, -0.25) is 14.5 Å². The zero-order valence-electron chi connectivity index (χ0n) is 14.7. The summed E-state index contributed by atoms with van der Waals surface area (Å²) >= 11 is 0. The fraction of sp³-hybridized carbons (Fsp3) is 0.368. The molecule has 0 spiro atoms. The van der Waals surface area contributed by atoms with Gasteiger partial charge in [-0.15, -0.1) is 0 Å². The number of hydrogen-bond donors (Lipinski definition) is 2. The molecule has 1 heterocycles. The highest BCUT2D eigenvalue weighted by molar-refractivity contribution is 5.94. The lowest BCUT2D eigenvalue weighted by atomic mass is 10.1. The Morgan fingerprint density at radius 3 is 2.36 bits per heavy atom. The van der Waals surface area contributed by atoms with Crippen LogP contribution in [0.1, 0.15) is 35.5 Å². The average molecular weight is 343 g/mol. The molecule has 0 aliphatic carbocycles. The van der Waals surface area contributed by atoms with E-state index in [-0.39, 0.29) is 18.2 Å². The molecule has 0 bridgehead atoms. The molecule has 134 valence electrons. The van der Waals surface area contributed by atoms with Crippen LogP contribution in [0.2, 0.25) is 0 Å². The molecular weight excluding hydrogens is 318 g/mol. The Hall–Kier alpha value is -2.60. The van der Waals surface area contributed by atoms with Gasteiger partial charge in [-0.25, -0.2) is 0 Å². The number of furan rings is 1. The molecule has 6 nitrogen and oxygen atoms in total. The van der Waals surface area contributed by atoms with E-state index in [1.54, 1.807) is 12.1 Å². The molecule has 2 amide bonds. The van der Waals surface area contributed by atoms with Gasteiger partial charge >= 0.3 is 0 Å². The zero-order valence-corrected chi connectivity index (χ0v) is 14.7. The highest BCUT2D eigenvalue weighted by Gasteiger charge is 2.11. The molecule has 1 aromatic carbocycles. The van der Waals surface area contributed by atoms with Gasteiger partial charge in [0.25, 0.3) is 5.91 Å². The summed E-state index contributed by atoms with van der Waals surface area (Å²) in [6.45, 7) is 7.44. The summed E-state index contributed by atoms with van der Waals surface area (Å²) in [7, 11) is 0. The lowest BCUT2D eigenvalue weighted by Gasteiger charge is -2.20. The SMILES string of the molecule is CCN(CC)Cc1ccccc1CNC(=O)CNC(=O)c1ccco1. The minimum atomic E-state index is -0.401. The Balaban J connectivity index is 1.84. The van der Waals surface area contributed by atoms with Gasteiger partial charge in [-0.1, -0.05) is 38.1 Å². The number of rotatable bonds is 9. The first-order valence-corrected chi connectivity index (χ1v) is 8.51. The van der Waals surface area contributed by atoms with Crippen molar-refractivity contribution >= 4 is 11.8 Å². The van der Waals surface area contributed by atoms with E-state index < -0.39 is 5.91 Å². The monoisotopic (exact) mass is 343 g/mol. The second-order valence-corrected chi connectivity index (χ2v) is 5.67. The van der Waals surface area contributed by atoms with Crippen molar-refractivity contribution in [3.8, 4) is 0 Å². The number of benzene rings is 1. The molecular formula is C19H25N3O3. The van der Waals surface area contributed by atoms with Crippen LogP contribution in [-0.2, 0) is 17.9 Å². The van der Waals surface area contributed by atoms with E-state index in [1.165, 1.54) is 11.8 Å². The number of amides is 2. The van der Waals surface area contributed by atoms with Crippen LogP contribution < -0.4 is 10.6 Å². The van der Waals surface area contributed by atoms with Crippen molar-refractivity contribution in [2.45, 2.75) is 26.9 Å². The Kier molecular flexibility index (Phi) is 7.22. The van der Waals surface area contributed by atoms with E-state index in [1.807, 2.05) is 18.2 Å². The molecule has 0 saturated heterocycles. The van der Waals surface area contributed by atoms with E-state index in [4.69, 9.17) is 4.42 Å². The van der Waals surface area contributed by atoms with Crippen molar-refractivity contribution in [1.82, 2.24) is 15.5 Å². The quantitative estimate of drug-likeness (QED) is 0.732. The van der Waals surface area contributed by atoms with Gasteiger partial charge in [0.1, 0.15) is 0 Å². The molecule has 25 heavy (non-hydrogen) atoms. The smallest absolute Gasteiger partial charge is 0.287 e. The number of carbonyl (C=O) groups is 2. The molecule has 6 heteroatoms. The zero-order chi connectivity index (χ0) is 18.1. The van der Waals surface area contributed by atoms with E-state index >= 15 is 0 Å². The molecule has 0 unspecified atom stereocenters. The van der Waals surface area contributed by atoms with Crippen LogP contribution >= 0.6 is 0 Å². The molecule has 2 rings (SSSR count). The molecule has 1 aromatic heterocycles. The van der Waals surface area contributed by atoms with Gasteiger partial charge < -0.3 is 15.1 Å². The van der Waals surface area contributed by atoms with Crippen molar-refractivity contribution in [2.24, 2.45) is 0 Å². The van der Waals surface area contributed by atoms with Gasteiger partial charge in [0.2, 0.25) is 5.91 Å². The second-order valence-electron chi connectivity index (χ2n) is 5.67. The van der Waals surface area contributed by atoms with Crippen LogP contribution in [0.4, 0.5) is 0 Å². The van der Waals surface area contributed by atoms with Gasteiger partial charge in [-0.2, -0.15) is 0 Å². The fourth-order valence-corrected chi connectivity index (χ4v) is 2.48. The van der Waals surface area contributed by atoms with Crippen LogP contribution in [0.15, 0.2) is 47.1 Å². The first kappa shape index (κ1) is 18.7. The lowest BCUT2D eigenvalue weighted by Crippen LogP contribution is -2.36. The fourth-order valence-electron chi connectivity index (χ4n) is 2.48. The highest BCUT2D eigenvalue weighted by atomic mass is 16.3.